The van der Waals surface area contributed by atoms with Crippen molar-refractivity contribution in [2.24, 2.45) is 5.92 Å². The van der Waals surface area contributed by atoms with Gasteiger partial charge < -0.3 is 10.6 Å². The van der Waals surface area contributed by atoms with Crippen LogP contribution in [0.4, 0.5) is 5.69 Å². The molecule has 0 bridgehead atoms. The average Bonchev–Trinajstić information content (AvgIpc) is 2.88. The van der Waals surface area contributed by atoms with Gasteiger partial charge in [-0.15, -0.1) is 5.10 Å². The van der Waals surface area contributed by atoms with Crippen molar-refractivity contribution in [2.45, 2.75) is 6.42 Å². The predicted octanol–water partition coefficient (Wildman–Crippen LogP) is 0.210. The summed E-state index contributed by atoms with van der Waals surface area (Å²) in [5.41, 5.74) is 1.57. The summed E-state index contributed by atoms with van der Waals surface area (Å²) in [4.78, 5) is 11.8. The summed E-state index contributed by atoms with van der Waals surface area (Å²) in [5, 5.41) is 17.0. The van der Waals surface area contributed by atoms with Crippen molar-refractivity contribution in [2.75, 3.05) is 18.4 Å². The Morgan fingerprint density at radius 3 is 3.05 bits per heavy atom. The van der Waals surface area contributed by atoms with Gasteiger partial charge in [0.25, 0.3) is 0 Å². The molecule has 1 amide bonds. The molecule has 0 spiro atoms. The van der Waals surface area contributed by atoms with Crippen LogP contribution in [-0.4, -0.2) is 39.2 Å². The lowest BCUT2D eigenvalue weighted by molar-refractivity contribution is -0.117. The largest absolute Gasteiger partial charge is 0.326 e. The van der Waals surface area contributed by atoms with Gasteiger partial charge in [-0.2, -0.15) is 0 Å². The van der Waals surface area contributed by atoms with E-state index in [1.807, 2.05) is 24.3 Å². The van der Waals surface area contributed by atoms with Gasteiger partial charge in [-0.1, -0.05) is 6.07 Å². The third-order valence-corrected chi connectivity index (χ3v) is 3.08. The first kappa shape index (κ1) is 11.8. The zero-order valence-corrected chi connectivity index (χ0v) is 10.3. The summed E-state index contributed by atoms with van der Waals surface area (Å²) >= 11 is 0. The first-order valence-corrected chi connectivity index (χ1v) is 6.15. The summed E-state index contributed by atoms with van der Waals surface area (Å²) in [5.74, 6) is 0.503. The second-order valence-electron chi connectivity index (χ2n) is 4.58. The fourth-order valence-electron chi connectivity index (χ4n) is 1.97. The van der Waals surface area contributed by atoms with Gasteiger partial charge in [0.15, 0.2) is 0 Å². The third-order valence-electron chi connectivity index (χ3n) is 3.08. The van der Waals surface area contributed by atoms with E-state index in [1.54, 1.807) is 4.68 Å². The van der Waals surface area contributed by atoms with Crippen LogP contribution < -0.4 is 10.6 Å². The molecule has 7 heteroatoms. The van der Waals surface area contributed by atoms with Crippen molar-refractivity contribution in [3.05, 3.63) is 30.6 Å². The smallest absolute Gasteiger partial charge is 0.224 e. The van der Waals surface area contributed by atoms with Crippen LogP contribution in [0.15, 0.2) is 30.6 Å². The van der Waals surface area contributed by atoms with Gasteiger partial charge in [0.1, 0.15) is 6.33 Å². The van der Waals surface area contributed by atoms with Gasteiger partial charge in [-0.3, -0.25) is 4.79 Å². The minimum atomic E-state index is 0.0420. The van der Waals surface area contributed by atoms with Gasteiger partial charge in [0, 0.05) is 12.1 Å². The molecule has 2 N–H and O–H groups in total. The minimum Gasteiger partial charge on any atom is -0.326 e. The molecule has 0 saturated carbocycles. The second-order valence-corrected chi connectivity index (χ2v) is 4.58. The Hall–Kier alpha value is -2.28. The molecule has 1 aliphatic heterocycles. The second kappa shape index (κ2) is 5.15. The average molecular weight is 258 g/mol. The van der Waals surface area contributed by atoms with E-state index in [0.717, 1.165) is 24.5 Å². The molecule has 0 atom stereocenters. The van der Waals surface area contributed by atoms with Gasteiger partial charge >= 0.3 is 0 Å². The molecule has 1 saturated heterocycles. The number of nitrogens with zero attached hydrogens (tertiary/aromatic N) is 4. The molecule has 0 aliphatic carbocycles. The summed E-state index contributed by atoms with van der Waals surface area (Å²) in [6.45, 7) is 1.86. The lowest BCUT2D eigenvalue weighted by Crippen LogP contribution is -2.43. The van der Waals surface area contributed by atoms with Crippen LogP contribution >= 0.6 is 0 Å². The van der Waals surface area contributed by atoms with E-state index in [1.165, 1.54) is 6.33 Å². The number of hydrogen-bond acceptors (Lipinski definition) is 5. The molecule has 3 rings (SSSR count). The van der Waals surface area contributed by atoms with E-state index < -0.39 is 0 Å². The number of carbonyl (C=O) groups is 1. The molecule has 0 unspecified atom stereocenters. The summed E-state index contributed by atoms with van der Waals surface area (Å²) in [6.07, 6.45) is 2.07. The monoisotopic (exact) mass is 258 g/mol. The Kier molecular flexibility index (Phi) is 3.20. The molecule has 7 nitrogen and oxygen atoms in total. The standard InChI is InChI=1S/C12H14N6O/c19-12(4-9-6-13-7-9)15-10-2-1-3-11(5-10)18-8-14-16-17-18/h1-3,5,8-9,13H,4,6-7H2,(H,15,19). The molecule has 1 aromatic carbocycles. The number of aromatic nitrogens is 4. The summed E-state index contributed by atoms with van der Waals surface area (Å²) in [7, 11) is 0. The first-order chi connectivity index (χ1) is 9.31. The molecular weight excluding hydrogens is 244 g/mol. The highest BCUT2D eigenvalue weighted by Gasteiger charge is 2.20. The fourth-order valence-corrected chi connectivity index (χ4v) is 1.97. The highest BCUT2D eigenvalue weighted by atomic mass is 16.1. The van der Waals surface area contributed by atoms with Gasteiger partial charge in [0.2, 0.25) is 5.91 Å². The van der Waals surface area contributed by atoms with Crippen molar-refractivity contribution in [3.63, 3.8) is 0 Å². The highest BCUT2D eigenvalue weighted by Crippen LogP contribution is 2.15. The van der Waals surface area contributed by atoms with Crippen LogP contribution in [0.5, 0.6) is 0 Å². The number of benzene rings is 1. The predicted molar refractivity (Wildman–Crippen MR) is 68.8 cm³/mol. The summed E-state index contributed by atoms with van der Waals surface area (Å²) in [6, 6.07) is 7.43. The van der Waals surface area contributed by atoms with Crippen LogP contribution in [0.25, 0.3) is 5.69 Å². The lowest BCUT2D eigenvalue weighted by atomic mass is 9.99. The molecule has 98 valence electrons. The molecule has 1 aliphatic rings. The quantitative estimate of drug-likeness (QED) is 0.819. The van der Waals surface area contributed by atoms with E-state index in [0.29, 0.717) is 12.3 Å². The number of hydrogen-bond donors (Lipinski definition) is 2. The van der Waals surface area contributed by atoms with Crippen molar-refractivity contribution in [1.29, 1.82) is 0 Å². The van der Waals surface area contributed by atoms with Gasteiger partial charge in [-0.25, -0.2) is 4.68 Å². The molecule has 1 fully saturated rings. The van der Waals surface area contributed by atoms with E-state index in [-0.39, 0.29) is 5.91 Å². The number of nitrogens with one attached hydrogen (secondary N) is 2. The van der Waals surface area contributed by atoms with Crippen molar-refractivity contribution in [1.82, 2.24) is 25.5 Å². The normalized spacial score (nSPS) is 14.9. The lowest BCUT2D eigenvalue weighted by Gasteiger charge is -2.26. The Morgan fingerprint density at radius 2 is 2.37 bits per heavy atom. The first-order valence-electron chi connectivity index (χ1n) is 6.15. The highest BCUT2D eigenvalue weighted by molar-refractivity contribution is 5.91. The number of tetrazole rings is 1. The maximum Gasteiger partial charge on any atom is 0.224 e. The molecule has 19 heavy (non-hydrogen) atoms. The van der Waals surface area contributed by atoms with Crippen LogP contribution in [0.2, 0.25) is 0 Å². The Bertz CT molecular complexity index is 563. The molecule has 2 heterocycles. The SMILES string of the molecule is O=C(CC1CNC1)Nc1cccc(-n2cnnn2)c1. The molecular formula is C12H14N6O. The molecule has 0 radical (unpaired) electrons. The zero-order valence-electron chi connectivity index (χ0n) is 10.3. The Balaban J connectivity index is 1.67. The maximum atomic E-state index is 11.8. The maximum absolute atomic E-state index is 11.8. The van der Waals surface area contributed by atoms with Crippen LogP contribution in [0.3, 0.4) is 0 Å². The summed E-state index contributed by atoms with van der Waals surface area (Å²) < 4.78 is 1.55. The number of amides is 1. The topological polar surface area (TPSA) is 84.7 Å². The van der Waals surface area contributed by atoms with Crippen molar-refractivity contribution < 1.29 is 4.79 Å². The minimum absolute atomic E-state index is 0.0420. The van der Waals surface area contributed by atoms with E-state index in [4.69, 9.17) is 0 Å². The van der Waals surface area contributed by atoms with E-state index >= 15 is 0 Å². The van der Waals surface area contributed by atoms with E-state index in [9.17, 15) is 4.79 Å². The van der Waals surface area contributed by atoms with Crippen LogP contribution in [0, 0.1) is 5.92 Å². The van der Waals surface area contributed by atoms with Crippen LogP contribution in [0.1, 0.15) is 6.42 Å². The Morgan fingerprint density at radius 1 is 1.47 bits per heavy atom. The van der Waals surface area contributed by atoms with Crippen molar-refractivity contribution in [3.8, 4) is 5.69 Å². The third kappa shape index (κ3) is 2.76. The molecule has 1 aromatic heterocycles. The van der Waals surface area contributed by atoms with Crippen LogP contribution in [-0.2, 0) is 4.79 Å². The Labute approximate surface area is 110 Å². The fraction of sp³-hybridized carbons (Fsp3) is 0.333. The van der Waals surface area contributed by atoms with Gasteiger partial charge in [0.05, 0.1) is 5.69 Å². The van der Waals surface area contributed by atoms with Crippen molar-refractivity contribution >= 4 is 11.6 Å². The van der Waals surface area contributed by atoms with E-state index in [2.05, 4.69) is 26.2 Å². The number of carbonyl (C=O) groups excluding carboxylic acids is 1. The number of anilines is 1. The number of rotatable bonds is 4. The zero-order chi connectivity index (χ0) is 13.1. The van der Waals surface area contributed by atoms with Gasteiger partial charge in [-0.05, 0) is 47.6 Å². The molecule has 2 aromatic rings.